The van der Waals surface area contributed by atoms with Crippen LogP contribution in [0.5, 0.6) is 0 Å². The first kappa shape index (κ1) is 10.4. The molecular formula is C9H13NO2S. The van der Waals surface area contributed by atoms with E-state index in [1.54, 1.807) is 18.2 Å². The summed E-state index contributed by atoms with van der Waals surface area (Å²) in [5, 5.41) is 0. The van der Waals surface area contributed by atoms with Crippen LogP contribution in [0.15, 0.2) is 29.2 Å². The summed E-state index contributed by atoms with van der Waals surface area (Å²) in [4.78, 5) is 2.47. The smallest absolute Gasteiger partial charge is 0.186 e. The van der Waals surface area contributed by atoms with Crippen molar-refractivity contribution in [3.63, 3.8) is 0 Å². The van der Waals surface area contributed by atoms with Gasteiger partial charge < -0.3 is 9.45 Å². The largest absolute Gasteiger partial charge is 0.305 e. The molecule has 0 radical (unpaired) electrons. The Morgan fingerprint density at radius 2 is 2.15 bits per heavy atom. The van der Waals surface area contributed by atoms with Crippen LogP contribution in [0.2, 0.25) is 0 Å². The first-order chi connectivity index (χ1) is 6.09. The summed E-state index contributed by atoms with van der Waals surface area (Å²) in [6.07, 6.45) is 0. The molecule has 0 aliphatic carbocycles. The molecule has 0 saturated heterocycles. The van der Waals surface area contributed by atoms with Crippen LogP contribution in [-0.2, 0) is 17.6 Å². The van der Waals surface area contributed by atoms with E-state index in [-0.39, 0.29) is 0 Å². The summed E-state index contributed by atoms with van der Waals surface area (Å²) in [6.45, 7) is 0.783. The fraction of sp³-hybridized carbons (Fsp3) is 0.333. The molecular weight excluding hydrogens is 186 g/mol. The molecule has 4 heteroatoms. The third-order valence-electron chi connectivity index (χ3n) is 1.60. The molecule has 0 bridgehead atoms. The molecule has 13 heavy (non-hydrogen) atoms. The highest BCUT2D eigenvalue weighted by atomic mass is 32.2. The van der Waals surface area contributed by atoms with E-state index in [2.05, 4.69) is 0 Å². The summed E-state index contributed by atoms with van der Waals surface area (Å²) in [6, 6.07) is 7.13. The highest BCUT2D eigenvalue weighted by Crippen LogP contribution is 2.09. The van der Waals surface area contributed by atoms with Crippen molar-refractivity contribution in [3.05, 3.63) is 29.8 Å². The molecule has 1 N–H and O–H groups in total. The van der Waals surface area contributed by atoms with Crippen LogP contribution in [0.3, 0.4) is 0 Å². The minimum atomic E-state index is -1.87. The molecule has 1 aromatic carbocycles. The van der Waals surface area contributed by atoms with E-state index in [1.165, 1.54) is 0 Å². The predicted molar refractivity (Wildman–Crippen MR) is 52.9 cm³/mol. The van der Waals surface area contributed by atoms with E-state index in [0.29, 0.717) is 4.90 Å². The third kappa shape index (κ3) is 3.26. The molecule has 1 atom stereocenters. The Hall–Kier alpha value is -0.710. The number of benzene rings is 1. The summed E-state index contributed by atoms with van der Waals surface area (Å²) >= 11 is -1.87. The van der Waals surface area contributed by atoms with E-state index in [4.69, 9.17) is 4.55 Å². The molecule has 0 aliphatic heterocycles. The number of nitrogens with zero attached hydrogens (tertiary/aromatic N) is 1. The fourth-order valence-electron chi connectivity index (χ4n) is 1.12. The first-order valence-electron chi connectivity index (χ1n) is 3.94. The van der Waals surface area contributed by atoms with Crippen molar-refractivity contribution in [2.45, 2.75) is 11.4 Å². The van der Waals surface area contributed by atoms with Crippen molar-refractivity contribution < 1.29 is 8.76 Å². The molecule has 3 nitrogen and oxygen atoms in total. The maximum atomic E-state index is 10.7. The van der Waals surface area contributed by atoms with Crippen LogP contribution in [0, 0.1) is 0 Å². The van der Waals surface area contributed by atoms with E-state index in [0.717, 1.165) is 12.1 Å². The zero-order valence-electron chi connectivity index (χ0n) is 7.73. The molecule has 1 aromatic rings. The molecule has 1 unspecified atom stereocenters. The van der Waals surface area contributed by atoms with Gasteiger partial charge in [0, 0.05) is 6.54 Å². The van der Waals surface area contributed by atoms with Crippen molar-refractivity contribution in [3.8, 4) is 0 Å². The topological polar surface area (TPSA) is 40.5 Å². The second kappa shape index (κ2) is 4.50. The lowest BCUT2D eigenvalue weighted by atomic mass is 10.2. The van der Waals surface area contributed by atoms with Gasteiger partial charge in [-0.2, -0.15) is 0 Å². The van der Waals surface area contributed by atoms with Crippen molar-refractivity contribution >= 4 is 11.1 Å². The van der Waals surface area contributed by atoms with Gasteiger partial charge in [-0.15, -0.1) is 0 Å². The van der Waals surface area contributed by atoms with Crippen molar-refractivity contribution in [2.24, 2.45) is 0 Å². The summed E-state index contributed by atoms with van der Waals surface area (Å²) in [5.41, 5.74) is 1.05. The van der Waals surface area contributed by atoms with E-state index >= 15 is 0 Å². The molecule has 0 amide bonds. The number of hydrogen-bond donors (Lipinski definition) is 1. The van der Waals surface area contributed by atoms with Gasteiger partial charge >= 0.3 is 0 Å². The molecule has 0 heterocycles. The number of hydrogen-bond acceptors (Lipinski definition) is 2. The summed E-state index contributed by atoms with van der Waals surface area (Å²) < 4.78 is 19.6. The Bertz CT molecular complexity index is 312. The lowest BCUT2D eigenvalue weighted by molar-refractivity contribution is 0.402. The molecule has 1 rings (SSSR count). The van der Waals surface area contributed by atoms with Crippen molar-refractivity contribution in [1.29, 1.82) is 0 Å². The molecule has 0 saturated carbocycles. The van der Waals surface area contributed by atoms with Gasteiger partial charge in [-0.3, -0.25) is 0 Å². The highest BCUT2D eigenvalue weighted by molar-refractivity contribution is 7.79. The minimum Gasteiger partial charge on any atom is -0.305 e. The van der Waals surface area contributed by atoms with Crippen LogP contribution >= 0.6 is 0 Å². The molecule has 0 aromatic heterocycles. The molecule has 0 aliphatic rings. The highest BCUT2D eigenvalue weighted by Gasteiger charge is 2.01. The van der Waals surface area contributed by atoms with Crippen molar-refractivity contribution in [1.82, 2.24) is 4.90 Å². The average molecular weight is 199 g/mol. The van der Waals surface area contributed by atoms with Crippen LogP contribution in [-0.4, -0.2) is 27.8 Å². The lowest BCUT2D eigenvalue weighted by Gasteiger charge is -2.09. The third-order valence-corrected chi connectivity index (χ3v) is 2.26. The van der Waals surface area contributed by atoms with Crippen LogP contribution in [0.4, 0.5) is 0 Å². The Morgan fingerprint density at radius 3 is 2.69 bits per heavy atom. The fourth-order valence-corrected chi connectivity index (χ4v) is 1.56. The maximum Gasteiger partial charge on any atom is 0.186 e. The summed E-state index contributed by atoms with van der Waals surface area (Å²) in [7, 11) is 3.92. The zero-order valence-corrected chi connectivity index (χ0v) is 8.54. The van der Waals surface area contributed by atoms with Crippen LogP contribution < -0.4 is 0 Å². The first-order valence-corrected chi connectivity index (χ1v) is 5.05. The molecule has 0 fully saturated rings. The van der Waals surface area contributed by atoms with Gasteiger partial charge in [-0.1, -0.05) is 12.1 Å². The normalized spacial score (nSPS) is 13.2. The SMILES string of the molecule is CN(C)Cc1cccc(S(=O)O)c1. The monoisotopic (exact) mass is 199 g/mol. The summed E-state index contributed by atoms with van der Waals surface area (Å²) in [5.74, 6) is 0. The zero-order chi connectivity index (χ0) is 9.84. The van der Waals surface area contributed by atoms with Gasteiger partial charge in [0.2, 0.25) is 0 Å². The second-order valence-electron chi connectivity index (χ2n) is 3.13. The maximum absolute atomic E-state index is 10.7. The van der Waals surface area contributed by atoms with Gasteiger partial charge in [-0.05, 0) is 31.8 Å². The minimum absolute atomic E-state index is 0.458. The molecule has 72 valence electrons. The van der Waals surface area contributed by atoms with Crippen LogP contribution in [0.25, 0.3) is 0 Å². The second-order valence-corrected chi connectivity index (χ2v) is 4.10. The average Bonchev–Trinajstić information content (AvgIpc) is 2.03. The van der Waals surface area contributed by atoms with E-state index < -0.39 is 11.1 Å². The van der Waals surface area contributed by atoms with Gasteiger partial charge in [-0.25, -0.2) is 4.21 Å². The Balaban J connectivity index is 2.85. The van der Waals surface area contributed by atoms with E-state index in [9.17, 15) is 4.21 Å². The van der Waals surface area contributed by atoms with Gasteiger partial charge in [0.15, 0.2) is 11.1 Å². The predicted octanol–water partition coefficient (Wildman–Crippen LogP) is 1.33. The van der Waals surface area contributed by atoms with Crippen LogP contribution in [0.1, 0.15) is 5.56 Å². The van der Waals surface area contributed by atoms with Gasteiger partial charge in [0.1, 0.15) is 0 Å². The van der Waals surface area contributed by atoms with Crippen molar-refractivity contribution in [2.75, 3.05) is 14.1 Å². The Kier molecular flexibility index (Phi) is 3.59. The Morgan fingerprint density at radius 1 is 1.46 bits per heavy atom. The molecule has 0 spiro atoms. The van der Waals surface area contributed by atoms with Gasteiger partial charge in [0.25, 0.3) is 0 Å². The Labute approximate surface area is 80.7 Å². The van der Waals surface area contributed by atoms with Gasteiger partial charge in [0.05, 0.1) is 4.90 Å². The van der Waals surface area contributed by atoms with E-state index in [1.807, 2.05) is 25.1 Å². The standard InChI is InChI=1S/C9H13NO2S/c1-10(2)7-8-4-3-5-9(6-8)13(11)12/h3-6H,7H2,1-2H3,(H,11,12). The number of rotatable bonds is 3. The lowest BCUT2D eigenvalue weighted by Crippen LogP contribution is -2.10. The quantitative estimate of drug-likeness (QED) is 0.747.